The van der Waals surface area contributed by atoms with Gasteiger partial charge in [-0.3, -0.25) is 9.69 Å². The van der Waals surface area contributed by atoms with E-state index in [0.29, 0.717) is 25.0 Å². The molecule has 118 valence electrons. The third-order valence-corrected chi connectivity index (χ3v) is 5.37. The molecule has 2 N–H and O–H groups in total. The van der Waals surface area contributed by atoms with Gasteiger partial charge in [-0.2, -0.15) is 5.26 Å². The first-order valence-corrected chi connectivity index (χ1v) is 8.14. The van der Waals surface area contributed by atoms with Crippen molar-refractivity contribution < 1.29 is 4.79 Å². The van der Waals surface area contributed by atoms with Crippen LogP contribution in [0.25, 0.3) is 0 Å². The fourth-order valence-corrected chi connectivity index (χ4v) is 3.79. The lowest BCUT2D eigenvalue weighted by Gasteiger charge is -2.40. The Labute approximate surface area is 128 Å². The number of carbonyl (C=O) groups excluding carboxylic acids is 1. The Kier molecular flexibility index (Phi) is 5.23. The Bertz CT molecular complexity index is 411. The van der Waals surface area contributed by atoms with Crippen molar-refractivity contribution in [2.24, 2.45) is 11.7 Å². The first-order chi connectivity index (χ1) is 10.0. The average molecular weight is 292 g/mol. The topological polar surface area (TPSA) is 73.4 Å². The molecule has 2 unspecified atom stereocenters. The second-order valence-electron chi connectivity index (χ2n) is 6.77. The summed E-state index contributed by atoms with van der Waals surface area (Å²) in [7, 11) is 1.80. The van der Waals surface area contributed by atoms with Gasteiger partial charge >= 0.3 is 0 Å². The van der Waals surface area contributed by atoms with E-state index in [1.165, 1.54) is 6.42 Å². The summed E-state index contributed by atoms with van der Waals surface area (Å²) >= 11 is 0. The van der Waals surface area contributed by atoms with Crippen molar-refractivity contribution >= 4 is 5.91 Å². The molecular formula is C16H28N4O. The molecule has 2 fully saturated rings. The molecule has 0 bridgehead atoms. The molecule has 1 saturated carbocycles. The van der Waals surface area contributed by atoms with Crippen LogP contribution in [0.1, 0.15) is 45.4 Å². The van der Waals surface area contributed by atoms with E-state index in [9.17, 15) is 10.1 Å². The van der Waals surface area contributed by atoms with Crippen LogP contribution in [0.2, 0.25) is 0 Å². The zero-order valence-corrected chi connectivity index (χ0v) is 13.3. The quantitative estimate of drug-likeness (QED) is 0.848. The fraction of sp³-hybridized carbons (Fsp3) is 0.875. The Hall–Kier alpha value is -1.12. The lowest BCUT2D eigenvalue weighted by atomic mass is 9.81. The second-order valence-corrected chi connectivity index (χ2v) is 6.77. The van der Waals surface area contributed by atoms with Crippen molar-refractivity contribution in [2.75, 3.05) is 26.7 Å². The summed E-state index contributed by atoms with van der Waals surface area (Å²) in [5.41, 5.74) is 5.17. The summed E-state index contributed by atoms with van der Waals surface area (Å²) in [5, 5.41) is 9.58. The molecule has 0 radical (unpaired) electrons. The van der Waals surface area contributed by atoms with E-state index < -0.39 is 5.54 Å². The Morgan fingerprint density at radius 3 is 2.62 bits per heavy atom. The number of nitrogens with two attached hydrogens (primary N) is 1. The van der Waals surface area contributed by atoms with Crippen LogP contribution >= 0.6 is 0 Å². The number of hydrogen-bond donors (Lipinski definition) is 1. The maximum absolute atomic E-state index is 12.6. The minimum Gasteiger partial charge on any atom is -0.330 e. The highest BCUT2D eigenvalue weighted by Crippen LogP contribution is 2.33. The van der Waals surface area contributed by atoms with Gasteiger partial charge in [0, 0.05) is 19.6 Å². The number of amides is 1. The first-order valence-electron chi connectivity index (χ1n) is 8.14. The predicted octanol–water partition coefficient (Wildman–Crippen LogP) is 1.34. The molecule has 0 spiro atoms. The van der Waals surface area contributed by atoms with E-state index >= 15 is 0 Å². The highest BCUT2D eigenvalue weighted by molar-refractivity contribution is 5.79. The lowest BCUT2D eigenvalue weighted by Crippen LogP contribution is -2.53. The summed E-state index contributed by atoms with van der Waals surface area (Å²) in [4.78, 5) is 16.5. The second kappa shape index (κ2) is 6.76. The molecule has 1 heterocycles. The van der Waals surface area contributed by atoms with Crippen LogP contribution in [0.5, 0.6) is 0 Å². The van der Waals surface area contributed by atoms with Gasteiger partial charge in [0.2, 0.25) is 5.91 Å². The number of hydrogen-bond acceptors (Lipinski definition) is 4. The van der Waals surface area contributed by atoms with Crippen LogP contribution in [0.4, 0.5) is 0 Å². The van der Waals surface area contributed by atoms with Gasteiger partial charge in [0.05, 0.1) is 12.6 Å². The Morgan fingerprint density at radius 1 is 1.43 bits per heavy atom. The lowest BCUT2D eigenvalue weighted by molar-refractivity contribution is -0.136. The number of likely N-dealkylation sites (tertiary alicyclic amines) is 1. The molecule has 1 saturated heterocycles. The van der Waals surface area contributed by atoms with Gasteiger partial charge in [-0.1, -0.05) is 19.3 Å². The van der Waals surface area contributed by atoms with E-state index in [2.05, 4.69) is 17.9 Å². The molecule has 2 atom stereocenters. The smallest absolute Gasteiger partial charge is 0.237 e. The SMILES string of the molecule is CC1CC(CN)CN1CC(=O)N(C)C1(C#N)CCCCC1. The highest BCUT2D eigenvalue weighted by atomic mass is 16.2. The van der Waals surface area contributed by atoms with Gasteiger partial charge < -0.3 is 10.6 Å². The van der Waals surface area contributed by atoms with E-state index in [1.807, 2.05) is 0 Å². The first kappa shape index (κ1) is 16.3. The summed E-state index contributed by atoms with van der Waals surface area (Å²) in [6.07, 6.45) is 5.95. The molecule has 0 aromatic rings. The van der Waals surface area contributed by atoms with Gasteiger partial charge in [-0.05, 0) is 38.6 Å². The van der Waals surface area contributed by atoms with Crippen LogP contribution in [-0.2, 0) is 4.79 Å². The highest BCUT2D eigenvalue weighted by Gasteiger charge is 2.40. The molecule has 0 aromatic carbocycles. The third kappa shape index (κ3) is 3.38. The molecule has 5 nitrogen and oxygen atoms in total. The van der Waals surface area contributed by atoms with Gasteiger partial charge in [0.15, 0.2) is 0 Å². The Balaban J connectivity index is 1.98. The molecule has 5 heteroatoms. The van der Waals surface area contributed by atoms with Gasteiger partial charge in [-0.15, -0.1) is 0 Å². The maximum atomic E-state index is 12.6. The molecule has 21 heavy (non-hydrogen) atoms. The summed E-state index contributed by atoms with van der Waals surface area (Å²) in [6.45, 7) is 4.16. The van der Waals surface area contributed by atoms with Gasteiger partial charge in [0.25, 0.3) is 0 Å². The number of likely N-dealkylation sites (N-methyl/N-ethyl adjacent to an activating group) is 1. The molecule has 2 rings (SSSR count). The van der Waals surface area contributed by atoms with Crippen molar-refractivity contribution in [2.45, 2.75) is 57.0 Å². The number of nitriles is 1. The van der Waals surface area contributed by atoms with Crippen molar-refractivity contribution in [3.05, 3.63) is 0 Å². The third-order valence-electron chi connectivity index (χ3n) is 5.37. The van der Waals surface area contributed by atoms with Crippen LogP contribution in [0, 0.1) is 17.2 Å². The maximum Gasteiger partial charge on any atom is 0.237 e. The predicted molar refractivity (Wildman–Crippen MR) is 82.4 cm³/mol. The van der Waals surface area contributed by atoms with E-state index in [0.717, 1.165) is 38.6 Å². The molecule has 1 aliphatic carbocycles. The number of nitrogens with zero attached hydrogens (tertiary/aromatic N) is 3. The zero-order chi connectivity index (χ0) is 15.5. The van der Waals surface area contributed by atoms with Gasteiger partial charge in [0.1, 0.15) is 5.54 Å². The number of carbonyl (C=O) groups is 1. The summed E-state index contributed by atoms with van der Waals surface area (Å²) in [6, 6.07) is 2.82. The standard InChI is InChI=1S/C16H28N4O/c1-13-8-14(9-17)10-20(13)11-15(21)19(2)16(12-18)6-4-3-5-7-16/h13-14H,3-11,17H2,1-2H3. The average Bonchev–Trinajstić information content (AvgIpc) is 2.87. The van der Waals surface area contributed by atoms with Gasteiger partial charge in [-0.25, -0.2) is 0 Å². The van der Waals surface area contributed by atoms with Crippen molar-refractivity contribution in [3.63, 3.8) is 0 Å². The van der Waals surface area contributed by atoms with E-state index in [1.54, 1.807) is 11.9 Å². The monoisotopic (exact) mass is 292 g/mol. The van der Waals surface area contributed by atoms with Crippen LogP contribution in [-0.4, -0.2) is 54.0 Å². The van der Waals surface area contributed by atoms with Crippen LogP contribution in [0.15, 0.2) is 0 Å². The summed E-state index contributed by atoms with van der Waals surface area (Å²) in [5.74, 6) is 0.570. The van der Waals surface area contributed by atoms with Crippen molar-refractivity contribution in [1.82, 2.24) is 9.80 Å². The minimum absolute atomic E-state index is 0.0722. The van der Waals surface area contributed by atoms with Crippen molar-refractivity contribution in [1.29, 1.82) is 5.26 Å². The van der Waals surface area contributed by atoms with E-state index in [4.69, 9.17) is 5.73 Å². The van der Waals surface area contributed by atoms with Crippen molar-refractivity contribution in [3.8, 4) is 6.07 Å². The normalized spacial score (nSPS) is 29.0. The largest absolute Gasteiger partial charge is 0.330 e. The fourth-order valence-electron chi connectivity index (χ4n) is 3.79. The minimum atomic E-state index is -0.578. The molecule has 1 amide bonds. The van der Waals surface area contributed by atoms with E-state index in [-0.39, 0.29) is 5.91 Å². The number of rotatable bonds is 4. The summed E-state index contributed by atoms with van der Waals surface area (Å²) < 4.78 is 0. The molecule has 0 aromatic heterocycles. The Morgan fingerprint density at radius 2 is 2.10 bits per heavy atom. The van der Waals surface area contributed by atoms with Crippen LogP contribution in [0.3, 0.4) is 0 Å². The molecule has 1 aliphatic heterocycles. The van der Waals surface area contributed by atoms with Crippen LogP contribution < -0.4 is 5.73 Å². The molecule has 2 aliphatic rings. The zero-order valence-electron chi connectivity index (χ0n) is 13.3. The molecular weight excluding hydrogens is 264 g/mol.